The number of aliphatic carboxylic acids is 1. The van der Waals surface area contributed by atoms with Crippen LogP contribution in [-0.2, 0) is 14.3 Å². The van der Waals surface area contributed by atoms with Crippen molar-refractivity contribution < 1.29 is 34.4 Å². The van der Waals surface area contributed by atoms with Gasteiger partial charge in [0.25, 0.3) is 5.79 Å². The van der Waals surface area contributed by atoms with Gasteiger partial charge in [-0.3, -0.25) is 4.79 Å². The normalized spacial score (nSPS) is 28.2. The van der Waals surface area contributed by atoms with Crippen LogP contribution < -0.4 is 0 Å². The second-order valence-electron chi connectivity index (χ2n) is 4.59. The van der Waals surface area contributed by atoms with Gasteiger partial charge in [-0.15, -0.1) is 0 Å². The molecule has 0 saturated heterocycles. The summed E-state index contributed by atoms with van der Waals surface area (Å²) in [5, 5.41) is 29.3. The minimum atomic E-state index is -2.94. The highest BCUT2D eigenvalue weighted by molar-refractivity contribution is 5.98. The molecule has 1 aliphatic rings. The number of carbonyl (C=O) groups is 3. The summed E-state index contributed by atoms with van der Waals surface area (Å²) in [5.41, 5.74) is -2.88. The maximum Gasteiger partial charge on any atom is 0.343 e. The number of hydrogen-bond acceptors (Lipinski definition) is 6. The van der Waals surface area contributed by atoms with E-state index in [4.69, 9.17) is 9.84 Å². The molecule has 0 spiro atoms. The Morgan fingerprint density at radius 3 is 2.33 bits per heavy atom. The van der Waals surface area contributed by atoms with Crippen molar-refractivity contribution in [1.29, 1.82) is 0 Å². The van der Waals surface area contributed by atoms with E-state index in [2.05, 4.69) is 0 Å². The van der Waals surface area contributed by atoms with E-state index in [1.807, 2.05) is 0 Å². The molecule has 7 nitrogen and oxygen atoms in total. The fourth-order valence-electron chi connectivity index (χ4n) is 1.90. The smallest absolute Gasteiger partial charge is 0.343 e. The second-order valence-corrected chi connectivity index (χ2v) is 4.59. The first-order valence-corrected chi connectivity index (χ1v) is 5.97. The predicted molar refractivity (Wildman–Crippen MR) is 68.2 cm³/mol. The number of rotatable bonds is 3. The van der Waals surface area contributed by atoms with Crippen molar-refractivity contribution in [3.05, 3.63) is 48.0 Å². The molecule has 2 atom stereocenters. The monoisotopic (exact) mass is 292 g/mol. The van der Waals surface area contributed by atoms with Gasteiger partial charge in [0.05, 0.1) is 12.0 Å². The number of esters is 1. The second kappa shape index (κ2) is 5.12. The molecule has 21 heavy (non-hydrogen) atoms. The number of ketones is 1. The minimum Gasteiger partial charge on any atom is -0.479 e. The number of carboxylic acid groups (broad SMARTS) is 1. The zero-order valence-corrected chi connectivity index (χ0v) is 10.7. The molecule has 0 bridgehead atoms. The summed E-state index contributed by atoms with van der Waals surface area (Å²) in [5.74, 6) is -6.44. The first kappa shape index (κ1) is 14.9. The standard InChI is InChI=1S/C14H12O7/c15-10-6-7-14(20,13(19,8-10)12(17)18)21-11(16)9-4-2-1-3-5-9/h1-7,19-20H,8H2,(H,17,18). The summed E-state index contributed by atoms with van der Waals surface area (Å²) in [4.78, 5) is 34.3. The summed E-state index contributed by atoms with van der Waals surface area (Å²) >= 11 is 0. The molecule has 110 valence electrons. The average Bonchev–Trinajstić information content (AvgIpc) is 2.44. The lowest BCUT2D eigenvalue weighted by molar-refractivity contribution is -0.248. The molecule has 1 aliphatic carbocycles. The summed E-state index contributed by atoms with van der Waals surface area (Å²) < 4.78 is 4.74. The van der Waals surface area contributed by atoms with Crippen molar-refractivity contribution >= 4 is 17.7 Å². The summed E-state index contributed by atoms with van der Waals surface area (Å²) in [7, 11) is 0. The molecular formula is C14H12O7. The van der Waals surface area contributed by atoms with Crippen molar-refractivity contribution in [1.82, 2.24) is 0 Å². The summed E-state index contributed by atoms with van der Waals surface area (Å²) in [6, 6.07) is 7.53. The fourth-order valence-corrected chi connectivity index (χ4v) is 1.90. The van der Waals surface area contributed by atoms with Crippen molar-refractivity contribution in [3.8, 4) is 0 Å². The van der Waals surface area contributed by atoms with Gasteiger partial charge < -0.3 is 20.1 Å². The molecular weight excluding hydrogens is 280 g/mol. The quantitative estimate of drug-likeness (QED) is 0.524. The molecule has 0 radical (unpaired) electrons. The Hall–Kier alpha value is -2.51. The highest BCUT2D eigenvalue weighted by Crippen LogP contribution is 2.34. The Bertz CT molecular complexity index is 621. The van der Waals surface area contributed by atoms with Crippen molar-refractivity contribution in [3.63, 3.8) is 0 Å². The zero-order chi connectivity index (χ0) is 15.7. The van der Waals surface area contributed by atoms with Gasteiger partial charge in [0, 0.05) is 0 Å². The number of allylic oxidation sites excluding steroid dienone is 1. The van der Waals surface area contributed by atoms with Crippen LogP contribution in [-0.4, -0.2) is 44.4 Å². The van der Waals surface area contributed by atoms with Crippen LogP contribution in [0.15, 0.2) is 42.5 Å². The maximum absolute atomic E-state index is 11.9. The first-order valence-electron chi connectivity index (χ1n) is 5.97. The van der Waals surface area contributed by atoms with Gasteiger partial charge in [-0.05, 0) is 24.3 Å². The van der Waals surface area contributed by atoms with Crippen LogP contribution in [0.1, 0.15) is 16.8 Å². The lowest BCUT2D eigenvalue weighted by Crippen LogP contribution is -2.63. The molecule has 2 unspecified atom stereocenters. The molecule has 0 amide bonds. The van der Waals surface area contributed by atoms with Crippen molar-refractivity contribution in [2.45, 2.75) is 17.8 Å². The first-order chi connectivity index (χ1) is 9.78. The predicted octanol–water partition coefficient (Wildman–Crippen LogP) is -0.123. The van der Waals surface area contributed by atoms with E-state index in [0.29, 0.717) is 6.08 Å². The molecule has 0 saturated carbocycles. The van der Waals surface area contributed by atoms with Crippen molar-refractivity contribution in [2.24, 2.45) is 0 Å². The van der Waals surface area contributed by atoms with Gasteiger partial charge >= 0.3 is 11.9 Å². The van der Waals surface area contributed by atoms with E-state index < -0.39 is 35.5 Å². The molecule has 0 aromatic heterocycles. The van der Waals surface area contributed by atoms with E-state index in [1.54, 1.807) is 18.2 Å². The highest BCUT2D eigenvalue weighted by atomic mass is 16.7. The largest absolute Gasteiger partial charge is 0.479 e. The zero-order valence-electron chi connectivity index (χ0n) is 10.7. The van der Waals surface area contributed by atoms with Gasteiger partial charge in [-0.2, -0.15) is 0 Å². The number of aliphatic hydroxyl groups is 2. The molecule has 1 aromatic rings. The molecule has 3 N–H and O–H groups in total. The van der Waals surface area contributed by atoms with Crippen LogP contribution in [0.5, 0.6) is 0 Å². The van der Waals surface area contributed by atoms with Crippen LogP contribution in [0.25, 0.3) is 0 Å². The van der Waals surface area contributed by atoms with Crippen LogP contribution in [0.3, 0.4) is 0 Å². The summed E-state index contributed by atoms with van der Waals surface area (Å²) in [6.45, 7) is 0. The Kier molecular flexibility index (Phi) is 3.63. The van der Waals surface area contributed by atoms with Crippen molar-refractivity contribution in [2.75, 3.05) is 0 Å². The third kappa shape index (κ3) is 2.56. The minimum absolute atomic E-state index is 0.0592. The van der Waals surface area contributed by atoms with Gasteiger partial charge in [-0.25, -0.2) is 9.59 Å². The van der Waals surface area contributed by atoms with E-state index in [0.717, 1.165) is 6.08 Å². The molecule has 0 aliphatic heterocycles. The lowest BCUT2D eigenvalue weighted by Gasteiger charge is -2.38. The number of ether oxygens (including phenoxy) is 1. The molecule has 0 fully saturated rings. The van der Waals surface area contributed by atoms with E-state index in [-0.39, 0.29) is 5.56 Å². The van der Waals surface area contributed by atoms with Crippen LogP contribution in [0.4, 0.5) is 0 Å². The Balaban J connectivity index is 2.35. The lowest BCUT2D eigenvalue weighted by atomic mass is 9.83. The van der Waals surface area contributed by atoms with E-state index >= 15 is 0 Å². The Morgan fingerprint density at radius 1 is 1.14 bits per heavy atom. The Labute approximate surface area is 119 Å². The third-order valence-corrected chi connectivity index (χ3v) is 3.13. The van der Waals surface area contributed by atoms with Gasteiger partial charge in [0.1, 0.15) is 0 Å². The van der Waals surface area contributed by atoms with Crippen LogP contribution >= 0.6 is 0 Å². The van der Waals surface area contributed by atoms with Gasteiger partial charge in [0.15, 0.2) is 5.78 Å². The number of benzene rings is 1. The van der Waals surface area contributed by atoms with Gasteiger partial charge in [0.2, 0.25) is 5.60 Å². The molecule has 2 rings (SSSR count). The van der Waals surface area contributed by atoms with Crippen LogP contribution in [0, 0.1) is 0 Å². The number of hydrogen-bond donors (Lipinski definition) is 3. The van der Waals surface area contributed by atoms with Gasteiger partial charge in [-0.1, -0.05) is 18.2 Å². The topological polar surface area (TPSA) is 121 Å². The Morgan fingerprint density at radius 2 is 1.76 bits per heavy atom. The van der Waals surface area contributed by atoms with E-state index in [1.165, 1.54) is 12.1 Å². The SMILES string of the molecule is O=C1C=CC(O)(OC(=O)c2ccccc2)C(O)(C(=O)O)C1. The molecule has 7 heteroatoms. The number of carboxylic acids is 1. The number of carbonyl (C=O) groups excluding carboxylic acids is 2. The average molecular weight is 292 g/mol. The van der Waals surface area contributed by atoms with E-state index in [9.17, 15) is 24.6 Å². The highest BCUT2D eigenvalue weighted by Gasteiger charge is 2.60. The van der Waals surface area contributed by atoms with Crippen LogP contribution in [0.2, 0.25) is 0 Å². The fraction of sp³-hybridized carbons (Fsp3) is 0.214. The summed E-state index contributed by atoms with van der Waals surface area (Å²) in [6.07, 6.45) is 0.612. The molecule has 1 aromatic carbocycles. The maximum atomic E-state index is 11.9. The molecule has 0 heterocycles. The third-order valence-electron chi connectivity index (χ3n) is 3.13.